The van der Waals surface area contributed by atoms with Gasteiger partial charge in [-0.25, -0.2) is 8.42 Å². The van der Waals surface area contributed by atoms with Crippen molar-refractivity contribution in [2.45, 2.75) is 17.9 Å². The molecular weight excluding hydrogens is 448 g/mol. The number of aromatic nitrogens is 1. The molecule has 3 rings (SSSR count). The highest BCUT2D eigenvalue weighted by Crippen LogP contribution is 2.22. The number of amides is 1. The second-order valence-electron chi connectivity index (χ2n) is 5.89. The minimum atomic E-state index is -3.26. The predicted octanol–water partition coefficient (Wildman–Crippen LogP) is 3.17. The van der Waals surface area contributed by atoms with E-state index in [2.05, 4.69) is 26.8 Å². The number of hydrogen-bond acceptors (Lipinski definition) is 4. The fourth-order valence-electron chi connectivity index (χ4n) is 2.55. The summed E-state index contributed by atoms with van der Waals surface area (Å²) in [7, 11) is -3.26. The molecule has 2 aromatic carbocycles. The Kier molecular flexibility index (Phi) is 5.65. The highest BCUT2D eigenvalue weighted by atomic mass is 79.9. The first-order valence-electron chi connectivity index (χ1n) is 7.87. The normalized spacial score (nSPS) is 12.3. The maximum Gasteiger partial charge on any atom is 0.252 e. The molecule has 1 heterocycles. The Bertz CT molecular complexity index is 1230. The molecule has 0 unspecified atom stereocenters. The Hall–Kier alpha value is -2.21. The van der Waals surface area contributed by atoms with E-state index in [4.69, 9.17) is 6.42 Å². The van der Waals surface area contributed by atoms with Gasteiger partial charge in [0.1, 0.15) is 0 Å². The lowest BCUT2D eigenvalue weighted by atomic mass is 10.1. The molecule has 5 nitrogen and oxygen atoms in total. The average molecular weight is 463 g/mol. The maximum atomic E-state index is 12.4. The van der Waals surface area contributed by atoms with E-state index in [0.29, 0.717) is 16.9 Å². The first kappa shape index (κ1) is 19.5. The van der Waals surface area contributed by atoms with Gasteiger partial charge in [-0.15, -0.1) is 6.42 Å². The third-order valence-electron chi connectivity index (χ3n) is 3.82. The number of thiazole rings is 1. The molecule has 0 saturated carbocycles. The van der Waals surface area contributed by atoms with Crippen LogP contribution in [0.1, 0.15) is 5.56 Å². The molecule has 0 aliphatic heterocycles. The molecule has 1 aromatic heterocycles. The van der Waals surface area contributed by atoms with E-state index in [1.807, 2.05) is 22.8 Å². The van der Waals surface area contributed by atoms with Crippen LogP contribution in [0.15, 0.2) is 56.8 Å². The van der Waals surface area contributed by atoms with E-state index in [-0.39, 0.29) is 17.2 Å². The summed E-state index contributed by atoms with van der Waals surface area (Å²) in [4.78, 5) is 17.4. The predicted molar refractivity (Wildman–Crippen MR) is 110 cm³/mol. The zero-order valence-corrected chi connectivity index (χ0v) is 17.6. The fourth-order valence-corrected chi connectivity index (χ4v) is 4.78. The number of sulfone groups is 1. The van der Waals surface area contributed by atoms with Crippen molar-refractivity contribution >= 4 is 53.2 Å². The van der Waals surface area contributed by atoms with Crippen LogP contribution in [0.3, 0.4) is 0 Å². The number of fused-ring (bicyclic) bond motifs is 1. The van der Waals surface area contributed by atoms with Gasteiger partial charge in [0.05, 0.1) is 28.1 Å². The van der Waals surface area contributed by atoms with Gasteiger partial charge in [0.15, 0.2) is 14.6 Å². The van der Waals surface area contributed by atoms with Crippen molar-refractivity contribution in [3.05, 3.63) is 57.3 Å². The van der Waals surface area contributed by atoms with Gasteiger partial charge < -0.3 is 4.57 Å². The van der Waals surface area contributed by atoms with E-state index in [0.717, 1.165) is 20.9 Å². The minimum Gasteiger partial charge on any atom is -0.305 e. The Balaban J connectivity index is 1.93. The molecule has 27 heavy (non-hydrogen) atoms. The Morgan fingerprint density at radius 3 is 2.59 bits per heavy atom. The van der Waals surface area contributed by atoms with Gasteiger partial charge in [0, 0.05) is 10.7 Å². The zero-order valence-electron chi connectivity index (χ0n) is 14.3. The molecule has 0 radical (unpaired) electrons. The summed E-state index contributed by atoms with van der Waals surface area (Å²) in [6.45, 7) is 0.316. The highest BCUT2D eigenvalue weighted by Gasteiger charge is 2.10. The summed E-state index contributed by atoms with van der Waals surface area (Å²) < 4.78 is 26.8. The smallest absolute Gasteiger partial charge is 0.252 e. The fraction of sp³-hybridized carbons (Fsp3) is 0.158. The van der Waals surface area contributed by atoms with Crippen molar-refractivity contribution < 1.29 is 13.2 Å². The van der Waals surface area contributed by atoms with Gasteiger partial charge >= 0.3 is 0 Å². The number of terminal acetylenes is 1. The van der Waals surface area contributed by atoms with Crippen LogP contribution in [-0.4, -0.2) is 25.1 Å². The van der Waals surface area contributed by atoms with Crippen LogP contribution in [0, 0.1) is 12.3 Å². The van der Waals surface area contributed by atoms with Crippen LogP contribution in [0.25, 0.3) is 10.2 Å². The van der Waals surface area contributed by atoms with Crippen molar-refractivity contribution in [2.24, 2.45) is 4.99 Å². The van der Waals surface area contributed by atoms with Crippen molar-refractivity contribution in [1.29, 1.82) is 0 Å². The molecule has 0 saturated heterocycles. The van der Waals surface area contributed by atoms with Gasteiger partial charge in [-0.3, -0.25) is 4.79 Å². The Morgan fingerprint density at radius 1 is 1.26 bits per heavy atom. The molecule has 0 aliphatic carbocycles. The van der Waals surface area contributed by atoms with Gasteiger partial charge in [0.2, 0.25) is 0 Å². The lowest BCUT2D eigenvalue weighted by Gasteiger charge is -2.01. The zero-order chi connectivity index (χ0) is 19.6. The second-order valence-corrected chi connectivity index (χ2v) is 9.83. The van der Waals surface area contributed by atoms with Crippen LogP contribution in [0.4, 0.5) is 0 Å². The molecule has 8 heteroatoms. The average Bonchev–Trinajstić information content (AvgIpc) is 2.91. The van der Waals surface area contributed by atoms with E-state index in [1.165, 1.54) is 23.5 Å². The summed E-state index contributed by atoms with van der Waals surface area (Å²) in [5, 5.41) is 0. The first-order valence-corrected chi connectivity index (χ1v) is 11.4. The van der Waals surface area contributed by atoms with Crippen molar-refractivity contribution in [1.82, 2.24) is 4.57 Å². The van der Waals surface area contributed by atoms with Gasteiger partial charge in [-0.1, -0.05) is 45.3 Å². The molecule has 3 aromatic rings. The maximum absolute atomic E-state index is 12.4. The molecular formula is C19H15BrN2O3S2. The molecule has 0 spiro atoms. The van der Waals surface area contributed by atoms with Crippen LogP contribution in [0.5, 0.6) is 0 Å². The molecule has 0 aliphatic rings. The molecule has 0 atom stereocenters. The lowest BCUT2D eigenvalue weighted by molar-refractivity contribution is -0.117. The second kappa shape index (κ2) is 7.80. The molecule has 0 N–H and O–H groups in total. The monoisotopic (exact) mass is 462 g/mol. The summed E-state index contributed by atoms with van der Waals surface area (Å²) >= 11 is 4.83. The molecule has 0 bridgehead atoms. The summed E-state index contributed by atoms with van der Waals surface area (Å²) in [6, 6.07) is 12.0. The topological polar surface area (TPSA) is 68.5 Å². The summed E-state index contributed by atoms with van der Waals surface area (Å²) in [6.07, 6.45) is 6.69. The van der Waals surface area contributed by atoms with E-state index < -0.39 is 9.84 Å². The van der Waals surface area contributed by atoms with Crippen LogP contribution in [0.2, 0.25) is 0 Å². The first-order chi connectivity index (χ1) is 12.8. The van der Waals surface area contributed by atoms with Gasteiger partial charge in [-0.05, 0) is 35.9 Å². The molecule has 0 fully saturated rings. The lowest BCUT2D eigenvalue weighted by Crippen LogP contribution is -2.17. The van der Waals surface area contributed by atoms with Crippen LogP contribution >= 0.6 is 27.3 Å². The highest BCUT2D eigenvalue weighted by molar-refractivity contribution is 9.10. The summed E-state index contributed by atoms with van der Waals surface area (Å²) in [5.74, 6) is 2.27. The van der Waals surface area contributed by atoms with Crippen molar-refractivity contribution in [2.75, 3.05) is 6.26 Å². The summed E-state index contributed by atoms with van der Waals surface area (Å²) in [5.41, 5.74) is 1.62. The van der Waals surface area contributed by atoms with E-state index >= 15 is 0 Å². The molecule has 138 valence electrons. The number of carbonyl (C=O) groups is 1. The Morgan fingerprint density at radius 2 is 1.96 bits per heavy atom. The largest absolute Gasteiger partial charge is 0.305 e. The van der Waals surface area contributed by atoms with Gasteiger partial charge in [0.25, 0.3) is 5.91 Å². The van der Waals surface area contributed by atoms with E-state index in [1.54, 1.807) is 12.1 Å². The third-order valence-corrected chi connectivity index (χ3v) is 6.48. The Labute approximate surface area is 169 Å². The third kappa shape index (κ3) is 4.56. The molecule has 1 amide bonds. The van der Waals surface area contributed by atoms with E-state index in [9.17, 15) is 13.2 Å². The minimum absolute atomic E-state index is 0.0814. The van der Waals surface area contributed by atoms with Crippen molar-refractivity contribution in [3.8, 4) is 12.3 Å². The SMILES string of the molecule is C#CCn1c(=NC(=O)Cc2ccc(S(C)(=O)=O)cc2)sc2cc(Br)ccc21. The standard InChI is InChI=1S/C19H15BrN2O3S2/c1-3-10-22-16-9-6-14(20)12-17(16)26-19(22)21-18(23)11-13-4-7-15(8-5-13)27(2,24)25/h1,4-9,12H,10-11H2,2H3. The number of rotatable bonds is 4. The quantitative estimate of drug-likeness (QED) is 0.559. The number of halogens is 1. The van der Waals surface area contributed by atoms with Gasteiger partial charge in [-0.2, -0.15) is 4.99 Å². The number of carbonyl (C=O) groups excluding carboxylic acids is 1. The van der Waals surface area contributed by atoms with Crippen LogP contribution in [-0.2, 0) is 27.6 Å². The number of benzene rings is 2. The number of hydrogen-bond donors (Lipinski definition) is 0. The van der Waals surface area contributed by atoms with Crippen LogP contribution < -0.4 is 4.80 Å². The van der Waals surface area contributed by atoms with Crippen molar-refractivity contribution in [3.63, 3.8) is 0 Å². The number of nitrogens with zero attached hydrogens (tertiary/aromatic N) is 2.